The summed E-state index contributed by atoms with van der Waals surface area (Å²) in [7, 11) is -2.94. The predicted molar refractivity (Wildman–Crippen MR) is 66.6 cm³/mol. The molecule has 0 aliphatic rings. The fourth-order valence-corrected chi connectivity index (χ4v) is 3.03. The standard InChI is InChI=1S/C11H13ClF3NO2S/c1-16(8-4-7-12)19(17,18)10-6-3-2-5-9(10)11(13,14)15/h2-3,5-6H,4,7-8H2,1H3. The van der Waals surface area contributed by atoms with Crippen molar-refractivity contribution >= 4 is 21.6 Å². The van der Waals surface area contributed by atoms with Crippen LogP contribution in [0.2, 0.25) is 0 Å². The summed E-state index contributed by atoms with van der Waals surface area (Å²) < 4.78 is 63.4. The molecule has 1 aromatic rings. The molecule has 0 fully saturated rings. The molecule has 0 N–H and O–H groups in total. The molecule has 8 heteroatoms. The van der Waals surface area contributed by atoms with Crippen LogP contribution < -0.4 is 0 Å². The van der Waals surface area contributed by atoms with Crippen molar-refractivity contribution in [1.82, 2.24) is 4.31 Å². The molecule has 0 radical (unpaired) electrons. The first-order chi connectivity index (χ1) is 8.71. The van der Waals surface area contributed by atoms with Crippen LogP contribution in [0.25, 0.3) is 0 Å². The van der Waals surface area contributed by atoms with Crippen LogP contribution in [0.5, 0.6) is 0 Å². The Morgan fingerprint density at radius 3 is 2.37 bits per heavy atom. The molecule has 0 heterocycles. The van der Waals surface area contributed by atoms with Gasteiger partial charge in [-0.05, 0) is 18.6 Å². The second-order valence-corrected chi connectivity index (χ2v) is 6.25. The molecule has 0 saturated heterocycles. The Labute approximate surface area is 115 Å². The normalized spacial score (nSPS) is 12.9. The zero-order valence-electron chi connectivity index (χ0n) is 10.1. The summed E-state index contributed by atoms with van der Waals surface area (Å²) in [6.07, 6.45) is -4.34. The molecule has 0 aliphatic heterocycles. The lowest BCUT2D eigenvalue weighted by Gasteiger charge is -2.19. The molecule has 1 aromatic carbocycles. The maximum Gasteiger partial charge on any atom is 0.417 e. The minimum atomic E-state index is -4.71. The molecule has 0 spiro atoms. The topological polar surface area (TPSA) is 37.4 Å². The zero-order chi connectivity index (χ0) is 14.7. The maximum atomic E-state index is 12.8. The highest BCUT2D eigenvalue weighted by Gasteiger charge is 2.37. The largest absolute Gasteiger partial charge is 0.417 e. The Kier molecular flexibility index (Phi) is 5.23. The van der Waals surface area contributed by atoms with Gasteiger partial charge in [-0.15, -0.1) is 11.6 Å². The summed E-state index contributed by atoms with van der Waals surface area (Å²) >= 11 is 5.44. The smallest absolute Gasteiger partial charge is 0.207 e. The van der Waals surface area contributed by atoms with Gasteiger partial charge in [-0.1, -0.05) is 12.1 Å². The molecule has 3 nitrogen and oxygen atoms in total. The first-order valence-corrected chi connectivity index (χ1v) is 7.37. The van der Waals surface area contributed by atoms with Crippen molar-refractivity contribution in [2.75, 3.05) is 19.5 Å². The Bertz CT molecular complexity index is 531. The summed E-state index contributed by atoms with van der Waals surface area (Å²) in [6, 6.07) is 4.12. The van der Waals surface area contributed by atoms with E-state index in [0.29, 0.717) is 6.42 Å². The lowest BCUT2D eigenvalue weighted by Crippen LogP contribution is -2.30. The van der Waals surface area contributed by atoms with Crippen LogP contribution >= 0.6 is 11.6 Å². The number of halogens is 4. The SMILES string of the molecule is CN(CCCCl)S(=O)(=O)c1ccccc1C(F)(F)F. The van der Waals surface area contributed by atoms with Crippen LogP contribution in [0.1, 0.15) is 12.0 Å². The van der Waals surface area contributed by atoms with Crippen LogP contribution in [-0.2, 0) is 16.2 Å². The summed E-state index contributed by atoms with van der Waals surface area (Å²) in [5.74, 6) is 0.237. The van der Waals surface area contributed by atoms with Crippen LogP contribution in [0.4, 0.5) is 13.2 Å². The van der Waals surface area contributed by atoms with Gasteiger partial charge >= 0.3 is 6.18 Å². The third kappa shape index (κ3) is 3.84. The van der Waals surface area contributed by atoms with Gasteiger partial charge in [0.2, 0.25) is 10.0 Å². The quantitative estimate of drug-likeness (QED) is 0.783. The van der Waals surface area contributed by atoms with Crippen molar-refractivity contribution in [3.63, 3.8) is 0 Å². The number of hydrogen-bond donors (Lipinski definition) is 0. The van der Waals surface area contributed by atoms with Crippen molar-refractivity contribution in [2.45, 2.75) is 17.5 Å². The highest BCUT2D eigenvalue weighted by molar-refractivity contribution is 7.89. The molecule has 0 saturated carbocycles. The van der Waals surface area contributed by atoms with Crippen LogP contribution in [0.3, 0.4) is 0 Å². The minimum Gasteiger partial charge on any atom is -0.207 e. The van der Waals surface area contributed by atoms with Crippen molar-refractivity contribution in [2.24, 2.45) is 0 Å². The zero-order valence-corrected chi connectivity index (χ0v) is 11.7. The molecule has 0 bridgehead atoms. The fraction of sp³-hybridized carbons (Fsp3) is 0.455. The number of hydrogen-bond acceptors (Lipinski definition) is 2. The van der Waals surface area contributed by atoms with Gasteiger partial charge in [0.05, 0.1) is 10.5 Å². The average molecular weight is 316 g/mol. The molecule has 0 unspecified atom stereocenters. The Morgan fingerprint density at radius 2 is 1.84 bits per heavy atom. The highest BCUT2D eigenvalue weighted by Crippen LogP contribution is 2.34. The van der Waals surface area contributed by atoms with E-state index in [1.807, 2.05) is 0 Å². The molecule has 0 amide bonds. The second-order valence-electron chi connectivity index (χ2n) is 3.86. The van der Waals surface area contributed by atoms with Gasteiger partial charge in [0.15, 0.2) is 0 Å². The van der Waals surface area contributed by atoms with Gasteiger partial charge in [0.25, 0.3) is 0 Å². The molecule has 1 rings (SSSR count). The van der Waals surface area contributed by atoms with Gasteiger partial charge in [0.1, 0.15) is 0 Å². The molecule has 0 aromatic heterocycles. The van der Waals surface area contributed by atoms with E-state index in [1.54, 1.807) is 0 Å². The fourth-order valence-electron chi connectivity index (χ4n) is 1.50. The van der Waals surface area contributed by atoms with E-state index in [1.165, 1.54) is 13.1 Å². The number of sulfonamides is 1. The lowest BCUT2D eigenvalue weighted by atomic mass is 10.2. The van der Waals surface area contributed by atoms with Gasteiger partial charge in [-0.25, -0.2) is 12.7 Å². The van der Waals surface area contributed by atoms with E-state index < -0.39 is 26.7 Å². The minimum absolute atomic E-state index is 0.0675. The number of nitrogens with zero attached hydrogens (tertiary/aromatic N) is 1. The molecule has 0 atom stereocenters. The summed E-state index contributed by atoms with van der Waals surface area (Å²) in [6.45, 7) is 0.0675. The number of benzene rings is 1. The number of alkyl halides is 4. The second kappa shape index (κ2) is 6.11. The highest BCUT2D eigenvalue weighted by atomic mass is 35.5. The maximum absolute atomic E-state index is 12.8. The molecule has 108 valence electrons. The van der Waals surface area contributed by atoms with E-state index >= 15 is 0 Å². The molecule has 0 aliphatic carbocycles. The van der Waals surface area contributed by atoms with E-state index in [4.69, 9.17) is 11.6 Å². The Hall–Kier alpha value is -0.790. The number of rotatable bonds is 5. The molecular formula is C11H13ClF3NO2S. The van der Waals surface area contributed by atoms with Crippen LogP contribution in [0, 0.1) is 0 Å². The summed E-state index contributed by atoms with van der Waals surface area (Å²) in [5.41, 5.74) is -1.16. The Morgan fingerprint density at radius 1 is 1.26 bits per heavy atom. The Balaban J connectivity index is 3.22. The van der Waals surface area contributed by atoms with Gasteiger partial charge in [-0.2, -0.15) is 13.2 Å². The lowest BCUT2D eigenvalue weighted by molar-refractivity contribution is -0.139. The predicted octanol–water partition coefficient (Wildman–Crippen LogP) is 2.95. The third-order valence-corrected chi connectivity index (χ3v) is 4.67. The van der Waals surface area contributed by atoms with E-state index in [9.17, 15) is 21.6 Å². The van der Waals surface area contributed by atoms with Crippen molar-refractivity contribution in [3.05, 3.63) is 29.8 Å². The monoisotopic (exact) mass is 315 g/mol. The molecular weight excluding hydrogens is 303 g/mol. The van der Waals surface area contributed by atoms with Gasteiger partial charge in [0, 0.05) is 19.5 Å². The first-order valence-electron chi connectivity index (χ1n) is 5.40. The van der Waals surface area contributed by atoms with Crippen LogP contribution in [0.15, 0.2) is 29.2 Å². The molecule has 19 heavy (non-hydrogen) atoms. The van der Waals surface area contributed by atoms with Crippen LogP contribution in [-0.4, -0.2) is 32.2 Å². The average Bonchev–Trinajstić information content (AvgIpc) is 2.34. The van der Waals surface area contributed by atoms with Crippen molar-refractivity contribution in [1.29, 1.82) is 0 Å². The van der Waals surface area contributed by atoms with E-state index in [-0.39, 0.29) is 12.4 Å². The van der Waals surface area contributed by atoms with E-state index in [2.05, 4.69) is 0 Å². The van der Waals surface area contributed by atoms with Gasteiger partial charge in [-0.3, -0.25) is 0 Å². The third-order valence-electron chi connectivity index (χ3n) is 2.49. The summed E-state index contributed by atoms with van der Waals surface area (Å²) in [4.78, 5) is -0.737. The van der Waals surface area contributed by atoms with Crippen molar-refractivity contribution < 1.29 is 21.6 Å². The first kappa shape index (κ1) is 16.3. The van der Waals surface area contributed by atoms with Crippen molar-refractivity contribution in [3.8, 4) is 0 Å². The van der Waals surface area contributed by atoms with E-state index in [0.717, 1.165) is 22.5 Å². The van der Waals surface area contributed by atoms with Gasteiger partial charge < -0.3 is 0 Å². The summed E-state index contributed by atoms with van der Waals surface area (Å²) in [5, 5.41) is 0.